The zero-order valence-electron chi connectivity index (χ0n) is 13.0. The van der Waals surface area contributed by atoms with E-state index in [0.717, 1.165) is 6.54 Å². The van der Waals surface area contributed by atoms with Crippen LogP contribution in [-0.2, 0) is 5.41 Å². The van der Waals surface area contributed by atoms with Crippen molar-refractivity contribution in [1.82, 2.24) is 5.32 Å². The Bertz CT molecular complexity index is 553. The molecular formula is C20H25N. The lowest BCUT2D eigenvalue weighted by atomic mass is 9.57. The molecule has 0 unspecified atom stereocenters. The largest absolute Gasteiger partial charge is 0.314 e. The van der Waals surface area contributed by atoms with Crippen molar-refractivity contribution in [2.75, 3.05) is 6.54 Å². The fourth-order valence-corrected chi connectivity index (χ4v) is 3.52. The highest BCUT2D eigenvalue weighted by Crippen LogP contribution is 2.52. The zero-order valence-corrected chi connectivity index (χ0v) is 13.0. The second kappa shape index (κ2) is 6.03. The molecule has 0 aromatic heterocycles. The first-order valence-electron chi connectivity index (χ1n) is 8.03. The van der Waals surface area contributed by atoms with Crippen LogP contribution in [0.3, 0.4) is 0 Å². The molecule has 0 atom stereocenters. The van der Waals surface area contributed by atoms with Gasteiger partial charge in [0.05, 0.1) is 0 Å². The monoisotopic (exact) mass is 279 g/mol. The standard InChI is InChI=1S/C20H25N/c1-16(2)21-15-20(19-11-7-4-8-12-19)13-18(14-20)17-9-5-3-6-10-17/h3-12,16,18,21H,13-15H2,1-2H3. The maximum absolute atomic E-state index is 3.66. The quantitative estimate of drug-likeness (QED) is 0.849. The van der Waals surface area contributed by atoms with E-state index in [1.165, 1.54) is 24.0 Å². The molecule has 3 rings (SSSR count). The molecular weight excluding hydrogens is 254 g/mol. The molecule has 0 bridgehead atoms. The summed E-state index contributed by atoms with van der Waals surface area (Å²) in [5, 5.41) is 3.66. The van der Waals surface area contributed by atoms with Crippen molar-refractivity contribution in [2.24, 2.45) is 0 Å². The minimum Gasteiger partial charge on any atom is -0.314 e. The Hall–Kier alpha value is -1.60. The summed E-state index contributed by atoms with van der Waals surface area (Å²) in [4.78, 5) is 0. The first kappa shape index (κ1) is 14.3. The molecule has 21 heavy (non-hydrogen) atoms. The van der Waals surface area contributed by atoms with E-state index < -0.39 is 0 Å². The number of nitrogens with one attached hydrogen (secondary N) is 1. The molecule has 0 radical (unpaired) electrons. The van der Waals surface area contributed by atoms with Crippen molar-refractivity contribution < 1.29 is 0 Å². The number of rotatable bonds is 5. The third kappa shape index (κ3) is 3.03. The van der Waals surface area contributed by atoms with Gasteiger partial charge in [0.25, 0.3) is 0 Å². The fraction of sp³-hybridized carbons (Fsp3) is 0.400. The van der Waals surface area contributed by atoms with Crippen molar-refractivity contribution in [3.05, 3.63) is 71.8 Å². The lowest BCUT2D eigenvalue weighted by molar-refractivity contribution is 0.190. The summed E-state index contributed by atoms with van der Waals surface area (Å²) in [6.07, 6.45) is 2.50. The molecule has 2 aromatic rings. The average molecular weight is 279 g/mol. The lowest BCUT2D eigenvalue weighted by Crippen LogP contribution is -2.49. The summed E-state index contributed by atoms with van der Waals surface area (Å²) in [5.41, 5.74) is 3.30. The van der Waals surface area contributed by atoms with Crippen LogP contribution >= 0.6 is 0 Å². The van der Waals surface area contributed by atoms with Crippen LogP contribution in [0.2, 0.25) is 0 Å². The van der Waals surface area contributed by atoms with Crippen molar-refractivity contribution in [3.8, 4) is 0 Å². The van der Waals surface area contributed by atoms with Gasteiger partial charge in [0.2, 0.25) is 0 Å². The Kier molecular flexibility index (Phi) is 4.12. The topological polar surface area (TPSA) is 12.0 Å². The highest BCUT2D eigenvalue weighted by molar-refractivity contribution is 5.35. The minimum absolute atomic E-state index is 0.312. The minimum atomic E-state index is 0.312. The highest BCUT2D eigenvalue weighted by atomic mass is 14.9. The maximum atomic E-state index is 3.66. The molecule has 1 aliphatic carbocycles. The molecule has 110 valence electrons. The highest BCUT2D eigenvalue weighted by Gasteiger charge is 2.45. The lowest BCUT2D eigenvalue weighted by Gasteiger charge is -2.49. The van der Waals surface area contributed by atoms with Gasteiger partial charge in [-0.25, -0.2) is 0 Å². The first-order chi connectivity index (χ1) is 10.2. The van der Waals surface area contributed by atoms with Gasteiger partial charge in [-0.05, 0) is 29.9 Å². The third-order valence-electron chi connectivity index (χ3n) is 4.78. The Balaban J connectivity index is 1.78. The molecule has 2 aromatic carbocycles. The molecule has 1 fully saturated rings. The maximum Gasteiger partial charge on any atom is 0.00894 e. The number of hydrogen-bond acceptors (Lipinski definition) is 1. The van der Waals surface area contributed by atoms with E-state index in [-0.39, 0.29) is 0 Å². The summed E-state index contributed by atoms with van der Waals surface area (Å²) >= 11 is 0. The summed E-state index contributed by atoms with van der Waals surface area (Å²) in [6.45, 7) is 5.54. The van der Waals surface area contributed by atoms with Crippen LogP contribution in [0.4, 0.5) is 0 Å². The predicted octanol–water partition coefficient (Wildman–Crippen LogP) is 4.50. The molecule has 0 saturated heterocycles. The van der Waals surface area contributed by atoms with Crippen LogP contribution in [0.25, 0.3) is 0 Å². The van der Waals surface area contributed by atoms with E-state index in [0.29, 0.717) is 17.4 Å². The van der Waals surface area contributed by atoms with Crippen LogP contribution in [0.1, 0.15) is 43.7 Å². The normalized spacial score (nSPS) is 24.8. The molecule has 0 amide bonds. The van der Waals surface area contributed by atoms with Gasteiger partial charge in [-0.3, -0.25) is 0 Å². The van der Waals surface area contributed by atoms with Gasteiger partial charge in [0.15, 0.2) is 0 Å². The van der Waals surface area contributed by atoms with Gasteiger partial charge in [0, 0.05) is 18.0 Å². The van der Waals surface area contributed by atoms with E-state index >= 15 is 0 Å². The van der Waals surface area contributed by atoms with Crippen LogP contribution in [-0.4, -0.2) is 12.6 Å². The average Bonchev–Trinajstić information content (AvgIpc) is 2.48. The molecule has 0 aliphatic heterocycles. The predicted molar refractivity (Wildman–Crippen MR) is 89.7 cm³/mol. The van der Waals surface area contributed by atoms with Crippen LogP contribution in [0.5, 0.6) is 0 Å². The molecule has 1 nitrogen and oxygen atoms in total. The van der Waals surface area contributed by atoms with Crippen LogP contribution < -0.4 is 5.32 Å². The van der Waals surface area contributed by atoms with Gasteiger partial charge in [-0.2, -0.15) is 0 Å². The fourth-order valence-electron chi connectivity index (χ4n) is 3.52. The van der Waals surface area contributed by atoms with Gasteiger partial charge in [-0.15, -0.1) is 0 Å². The van der Waals surface area contributed by atoms with Gasteiger partial charge < -0.3 is 5.32 Å². The van der Waals surface area contributed by atoms with E-state index in [1.807, 2.05) is 0 Å². The Morgan fingerprint density at radius 3 is 2.10 bits per heavy atom. The Labute approximate surface area is 128 Å². The molecule has 0 spiro atoms. The molecule has 1 saturated carbocycles. The van der Waals surface area contributed by atoms with E-state index in [2.05, 4.69) is 79.8 Å². The van der Waals surface area contributed by atoms with E-state index in [9.17, 15) is 0 Å². The van der Waals surface area contributed by atoms with Gasteiger partial charge in [0.1, 0.15) is 0 Å². The van der Waals surface area contributed by atoms with Crippen molar-refractivity contribution in [2.45, 2.75) is 44.1 Å². The van der Waals surface area contributed by atoms with E-state index in [4.69, 9.17) is 0 Å². The van der Waals surface area contributed by atoms with Gasteiger partial charge in [-0.1, -0.05) is 74.5 Å². The van der Waals surface area contributed by atoms with Gasteiger partial charge >= 0.3 is 0 Å². The number of benzene rings is 2. The first-order valence-corrected chi connectivity index (χ1v) is 8.03. The Morgan fingerprint density at radius 2 is 1.52 bits per heavy atom. The molecule has 0 heterocycles. The second-order valence-electron chi connectivity index (χ2n) is 6.70. The van der Waals surface area contributed by atoms with Crippen molar-refractivity contribution >= 4 is 0 Å². The van der Waals surface area contributed by atoms with E-state index in [1.54, 1.807) is 0 Å². The second-order valence-corrected chi connectivity index (χ2v) is 6.70. The van der Waals surface area contributed by atoms with Crippen molar-refractivity contribution in [3.63, 3.8) is 0 Å². The van der Waals surface area contributed by atoms with Crippen molar-refractivity contribution in [1.29, 1.82) is 0 Å². The molecule has 1 aliphatic rings. The Morgan fingerprint density at radius 1 is 0.952 bits per heavy atom. The van der Waals surface area contributed by atoms with Crippen LogP contribution in [0, 0.1) is 0 Å². The summed E-state index contributed by atoms with van der Waals surface area (Å²) in [7, 11) is 0. The molecule has 1 heteroatoms. The molecule has 1 N–H and O–H groups in total. The summed E-state index contributed by atoms with van der Waals surface area (Å²) in [6, 6.07) is 22.5. The number of hydrogen-bond donors (Lipinski definition) is 1. The third-order valence-corrected chi connectivity index (χ3v) is 4.78. The SMILES string of the molecule is CC(C)NCC1(c2ccccc2)CC(c2ccccc2)C1. The summed E-state index contributed by atoms with van der Waals surface area (Å²) in [5.74, 6) is 0.709. The zero-order chi connectivity index (χ0) is 14.7. The van der Waals surface area contributed by atoms with Crippen LogP contribution in [0.15, 0.2) is 60.7 Å². The summed E-state index contributed by atoms with van der Waals surface area (Å²) < 4.78 is 0. The smallest absolute Gasteiger partial charge is 0.00894 e.